The number of amides is 4. The highest BCUT2D eigenvalue weighted by Gasteiger charge is 2.37. The molecule has 0 radical (unpaired) electrons. The van der Waals surface area contributed by atoms with E-state index in [1.807, 2.05) is 81.4 Å². The third kappa shape index (κ3) is 9.84. The number of unbranched alkanes of at least 4 members (excludes halogenated alkanes) is 2. The van der Waals surface area contributed by atoms with Crippen molar-refractivity contribution in [3.8, 4) is 0 Å². The molecule has 0 saturated heterocycles. The standard InChI is InChI=1S/C34H44N4O5/c1-7-8-11-16-38(32(41)28(21-29(35)39)37-33(42)43-34(4,5)6)30(26-18-22(2)17-23(3)19-26)31(40)36-27-15-14-24-12-9-10-13-25(24)20-27/h9-10,12-15,17-20,28,30H,7-8,11,16,21H2,1-6H3,(H2,35,39)(H,36,40)(H,37,42). The number of carbonyl (C=O) groups excluding carboxylic acids is 4. The number of rotatable bonds is 12. The zero-order valence-corrected chi connectivity index (χ0v) is 26.0. The summed E-state index contributed by atoms with van der Waals surface area (Å²) in [6, 6.07) is 16.8. The van der Waals surface area contributed by atoms with Crippen LogP contribution in [0.5, 0.6) is 0 Å². The van der Waals surface area contributed by atoms with Gasteiger partial charge in [-0.3, -0.25) is 14.4 Å². The predicted molar refractivity (Wildman–Crippen MR) is 169 cm³/mol. The molecule has 0 heterocycles. The molecule has 0 aliphatic carbocycles. The third-order valence-corrected chi connectivity index (χ3v) is 6.82. The second-order valence-electron chi connectivity index (χ2n) is 12.0. The first-order valence-corrected chi connectivity index (χ1v) is 14.7. The van der Waals surface area contributed by atoms with Crippen molar-refractivity contribution in [2.45, 2.75) is 84.9 Å². The van der Waals surface area contributed by atoms with E-state index in [1.54, 1.807) is 20.8 Å². The molecule has 0 saturated carbocycles. The van der Waals surface area contributed by atoms with Crippen molar-refractivity contribution in [1.29, 1.82) is 0 Å². The Kier molecular flexibility index (Phi) is 11.3. The molecule has 230 valence electrons. The SMILES string of the molecule is CCCCCN(C(=O)C(CC(N)=O)NC(=O)OC(C)(C)C)C(C(=O)Nc1ccc2ccccc2c1)c1cc(C)cc(C)c1. The molecule has 9 heteroatoms. The van der Waals surface area contributed by atoms with Crippen LogP contribution in [-0.4, -0.2) is 46.9 Å². The minimum atomic E-state index is -1.32. The van der Waals surface area contributed by atoms with Gasteiger partial charge in [-0.15, -0.1) is 0 Å². The third-order valence-electron chi connectivity index (χ3n) is 6.82. The van der Waals surface area contributed by atoms with Crippen LogP contribution in [0.4, 0.5) is 10.5 Å². The smallest absolute Gasteiger partial charge is 0.408 e. The number of nitrogens with one attached hydrogen (secondary N) is 2. The molecule has 4 amide bonds. The average Bonchev–Trinajstić information content (AvgIpc) is 2.90. The molecule has 43 heavy (non-hydrogen) atoms. The molecule has 4 N–H and O–H groups in total. The number of nitrogens with two attached hydrogens (primary N) is 1. The lowest BCUT2D eigenvalue weighted by Gasteiger charge is -2.34. The Morgan fingerprint density at radius 1 is 0.907 bits per heavy atom. The normalized spacial score (nSPS) is 12.7. The van der Waals surface area contributed by atoms with Crippen LogP contribution in [0.3, 0.4) is 0 Å². The molecule has 3 rings (SSSR count). The van der Waals surface area contributed by atoms with E-state index in [1.165, 1.54) is 4.90 Å². The van der Waals surface area contributed by atoms with Crippen molar-refractivity contribution < 1.29 is 23.9 Å². The molecule has 0 bridgehead atoms. The van der Waals surface area contributed by atoms with Gasteiger partial charge in [-0.1, -0.05) is 79.4 Å². The van der Waals surface area contributed by atoms with E-state index in [2.05, 4.69) is 10.6 Å². The number of benzene rings is 3. The van der Waals surface area contributed by atoms with Crippen LogP contribution in [0.2, 0.25) is 0 Å². The highest BCUT2D eigenvalue weighted by molar-refractivity contribution is 6.01. The van der Waals surface area contributed by atoms with E-state index in [-0.39, 0.29) is 6.54 Å². The fourth-order valence-corrected chi connectivity index (χ4v) is 5.07. The number of anilines is 1. The number of ether oxygens (including phenoxy) is 1. The van der Waals surface area contributed by atoms with E-state index >= 15 is 0 Å². The quantitative estimate of drug-likeness (QED) is 0.226. The van der Waals surface area contributed by atoms with Crippen LogP contribution in [0.15, 0.2) is 60.7 Å². The molecule has 0 aliphatic rings. The van der Waals surface area contributed by atoms with Crippen molar-refractivity contribution in [1.82, 2.24) is 10.2 Å². The van der Waals surface area contributed by atoms with E-state index < -0.39 is 47.9 Å². The summed E-state index contributed by atoms with van der Waals surface area (Å²) in [7, 11) is 0. The minimum Gasteiger partial charge on any atom is -0.444 e. The predicted octanol–water partition coefficient (Wildman–Crippen LogP) is 5.92. The summed E-state index contributed by atoms with van der Waals surface area (Å²) >= 11 is 0. The first-order chi connectivity index (χ1) is 20.3. The fraction of sp³-hybridized carbons (Fsp3) is 0.412. The van der Waals surface area contributed by atoms with Crippen LogP contribution in [0.1, 0.15) is 76.1 Å². The Labute approximate surface area is 254 Å². The lowest BCUT2D eigenvalue weighted by atomic mass is 9.97. The molecular weight excluding hydrogens is 544 g/mol. The highest BCUT2D eigenvalue weighted by Crippen LogP contribution is 2.28. The van der Waals surface area contributed by atoms with Crippen molar-refractivity contribution >= 4 is 40.3 Å². The molecule has 2 unspecified atom stereocenters. The van der Waals surface area contributed by atoms with Gasteiger partial charge in [0.2, 0.25) is 11.8 Å². The zero-order valence-electron chi connectivity index (χ0n) is 26.0. The van der Waals surface area contributed by atoms with E-state index in [4.69, 9.17) is 10.5 Å². The Bertz CT molecular complexity index is 1440. The molecule has 0 aromatic heterocycles. The Balaban J connectivity index is 2.07. The van der Waals surface area contributed by atoms with E-state index in [0.29, 0.717) is 17.7 Å². The number of fused-ring (bicyclic) bond motifs is 1. The van der Waals surface area contributed by atoms with Gasteiger partial charge in [0.05, 0.1) is 6.42 Å². The monoisotopic (exact) mass is 588 g/mol. The topological polar surface area (TPSA) is 131 Å². The van der Waals surface area contributed by atoms with Crippen LogP contribution in [0.25, 0.3) is 10.8 Å². The van der Waals surface area contributed by atoms with Crippen LogP contribution < -0.4 is 16.4 Å². The zero-order chi connectivity index (χ0) is 31.7. The lowest BCUT2D eigenvalue weighted by molar-refractivity contribution is -0.142. The van der Waals surface area contributed by atoms with Gasteiger partial charge in [0, 0.05) is 12.2 Å². The summed E-state index contributed by atoms with van der Waals surface area (Å²) in [5.74, 6) is -1.79. The Morgan fingerprint density at radius 3 is 2.16 bits per heavy atom. The molecule has 0 aliphatic heterocycles. The van der Waals surface area contributed by atoms with Gasteiger partial charge in [-0.25, -0.2) is 4.79 Å². The van der Waals surface area contributed by atoms with Gasteiger partial charge in [0.15, 0.2) is 0 Å². The Morgan fingerprint density at radius 2 is 1.56 bits per heavy atom. The average molecular weight is 589 g/mol. The van der Waals surface area contributed by atoms with Gasteiger partial charge in [0.25, 0.3) is 5.91 Å². The number of primary amides is 1. The van der Waals surface area contributed by atoms with Gasteiger partial charge in [0.1, 0.15) is 17.7 Å². The second-order valence-corrected chi connectivity index (χ2v) is 12.0. The molecule has 3 aromatic carbocycles. The maximum atomic E-state index is 14.3. The summed E-state index contributed by atoms with van der Waals surface area (Å²) in [6.45, 7) is 11.2. The fourth-order valence-electron chi connectivity index (χ4n) is 5.07. The van der Waals surface area contributed by atoms with E-state index in [0.717, 1.165) is 34.7 Å². The summed E-state index contributed by atoms with van der Waals surface area (Å²) < 4.78 is 5.36. The van der Waals surface area contributed by atoms with Gasteiger partial charge in [-0.05, 0) is 69.5 Å². The van der Waals surface area contributed by atoms with Crippen molar-refractivity contribution in [2.24, 2.45) is 5.73 Å². The molecule has 0 fully saturated rings. The summed E-state index contributed by atoms with van der Waals surface area (Å²) in [5, 5.41) is 7.53. The van der Waals surface area contributed by atoms with Gasteiger partial charge < -0.3 is 26.0 Å². The molecule has 3 aromatic rings. The summed E-state index contributed by atoms with van der Waals surface area (Å²) in [6.07, 6.45) is 1.01. The number of carbonyl (C=O) groups is 4. The largest absolute Gasteiger partial charge is 0.444 e. The number of aryl methyl sites for hydroxylation is 2. The maximum absolute atomic E-state index is 14.3. The number of nitrogens with zero attached hydrogens (tertiary/aromatic N) is 1. The summed E-state index contributed by atoms with van der Waals surface area (Å²) in [5.41, 5.74) is 7.75. The number of alkyl carbamates (subject to hydrolysis) is 1. The van der Waals surface area contributed by atoms with Crippen LogP contribution in [0, 0.1) is 13.8 Å². The summed E-state index contributed by atoms with van der Waals surface area (Å²) in [4.78, 5) is 54.7. The van der Waals surface area contributed by atoms with Crippen molar-refractivity contribution in [3.05, 3.63) is 77.4 Å². The van der Waals surface area contributed by atoms with Gasteiger partial charge in [-0.2, -0.15) is 0 Å². The first kappa shape index (κ1) is 33.1. The Hall–Kier alpha value is -4.40. The van der Waals surface area contributed by atoms with Crippen LogP contribution in [-0.2, 0) is 19.1 Å². The molecular formula is C34H44N4O5. The second kappa shape index (κ2) is 14.7. The maximum Gasteiger partial charge on any atom is 0.408 e. The van der Waals surface area contributed by atoms with Gasteiger partial charge >= 0.3 is 6.09 Å². The lowest BCUT2D eigenvalue weighted by Crippen LogP contribution is -2.53. The van der Waals surface area contributed by atoms with Crippen molar-refractivity contribution in [2.75, 3.05) is 11.9 Å². The van der Waals surface area contributed by atoms with E-state index in [9.17, 15) is 19.2 Å². The first-order valence-electron chi connectivity index (χ1n) is 14.7. The highest BCUT2D eigenvalue weighted by atomic mass is 16.6. The number of hydrogen-bond donors (Lipinski definition) is 3. The van der Waals surface area contributed by atoms with Crippen LogP contribution >= 0.6 is 0 Å². The number of hydrogen-bond acceptors (Lipinski definition) is 5. The molecule has 0 spiro atoms. The van der Waals surface area contributed by atoms with Crippen molar-refractivity contribution in [3.63, 3.8) is 0 Å². The minimum absolute atomic E-state index is 0.223. The molecule has 2 atom stereocenters. The molecule has 9 nitrogen and oxygen atoms in total.